The normalized spacial score (nSPS) is 7.86. The second kappa shape index (κ2) is 4.65. The fourth-order valence-corrected chi connectivity index (χ4v) is 0.411. The smallest absolute Gasteiger partial charge is 0.104 e. The molecule has 0 aliphatic rings. The molecule has 0 unspecified atom stereocenters. The summed E-state index contributed by atoms with van der Waals surface area (Å²) in [6, 6.07) is 0. The van der Waals surface area contributed by atoms with Crippen molar-refractivity contribution in [2.75, 3.05) is 6.61 Å². The number of rotatable bonds is 2. The summed E-state index contributed by atoms with van der Waals surface area (Å²) in [5.41, 5.74) is 0. The van der Waals surface area contributed by atoms with Gasteiger partial charge >= 0.3 is 0 Å². The second-order valence-corrected chi connectivity index (χ2v) is 3.64. The van der Waals surface area contributed by atoms with Crippen LogP contribution in [0.5, 0.6) is 0 Å². The zero-order valence-corrected chi connectivity index (χ0v) is 7.12. The molecule has 0 spiro atoms. The molecule has 0 atom stereocenters. The SMILES string of the molecule is CCOC=C(Br)Br. The highest BCUT2D eigenvalue weighted by Gasteiger charge is 1.76. The van der Waals surface area contributed by atoms with Crippen molar-refractivity contribution in [3.8, 4) is 0 Å². The van der Waals surface area contributed by atoms with Crippen molar-refractivity contribution in [3.05, 3.63) is 9.65 Å². The quantitative estimate of drug-likeness (QED) is 0.662. The van der Waals surface area contributed by atoms with E-state index < -0.39 is 0 Å². The summed E-state index contributed by atoms with van der Waals surface area (Å²) in [6.07, 6.45) is 1.60. The van der Waals surface area contributed by atoms with Crippen LogP contribution in [0.3, 0.4) is 0 Å². The van der Waals surface area contributed by atoms with Gasteiger partial charge in [-0.2, -0.15) is 0 Å². The fourth-order valence-electron chi connectivity index (χ4n) is 0.146. The zero-order chi connectivity index (χ0) is 5.70. The molecule has 0 bridgehead atoms. The van der Waals surface area contributed by atoms with Crippen molar-refractivity contribution in [2.24, 2.45) is 0 Å². The van der Waals surface area contributed by atoms with E-state index in [-0.39, 0.29) is 0 Å². The van der Waals surface area contributed by atoms with Crippen molar-refractivity contribution in [3.63, 3.8) is 0 Å². The van der Waals surface area contributed by atoms with Crippen LogP contribution in [0, 0.1) is 0 Å². The van der Waals surface area contributed by atoms with E-state index in [1.165, 1.54) is 0 Å². The summed E-state index contributed by atoms with van der Waals surface area (Å²) in [6.45, 7) is 2.64. The number of halogens is 2. The van der Waals surface area contributed by atoms with Gasteiger partial charge < -0.3 is 4.74 Å². The molecule has 0 aromatic carbocycles. The largest absolute Gasteiger partial charge is 0.500 e. The Morgan fingerprint density at radius 3 is 2.43 bits per heavy atom. The highest BCUT2D eigenvalue weighted by Crippen LogP contribution is 2.11. The Bertz CT molecular complexity index is 66.1. The van der Waals surface area contributed by atoms with Gasteiger partial charge in [0.15, 0.2) is 0 Å². The maximum Gasteiger partial charge on any atom is 0.104 e. The Balaban J connectivity index is 3.08. The van der Waals surface area contributed by atoms with E-state index in [4.69, 9.17) is 4.74 Å². The molecule has 0 N–H and O–H groups in total. The Hall–Kier alpha value is 0.500. The summed E-state index contributed by atoms with van der Waals surface area (Å²) in [7, 11) is 0. The molecule has 0 aliphatic carbocycles. The molecular weight excluding hydrogens is 224 g/mol. The number of ether oxygens (including phenoxy) is 1. The summed E-state index contributed by atoms with van der Waals surface area (Å²) >= 11 is 6.26. The van der Waals surface area contributed by atoms with E-state index in [1.807, 2.05) is 6.92 Å². The third kappa shape index (κ3) is 6.50. The summed E-state index contributed by atoms with van der Waals surface area (Å²) in [5.74, 6) is 0. The Labute approximate surface area is 60.0 Å². The van der Waals surface area contributed by atoms with Gasteiger partial charge in [-0.05, 0) is 38.8 Å². The fraction of sp³-hybridized carbons (Fsp3) is 0.500. The van der Waals surface area contributed by atoms with E-state index in [0.29, 0.717) is 6.61 Å². The first-order valence-corrected chi connectivity index (χ1v) is 3.48. The van der Waals surface area contributed by atoms with Crippen LogP contribution in [-0.2, 0) is 4.74 Å². The third-order valence-electron chi connectivity index (χ3n) is 0.339. The molecule has 0 aromatic heterocycles. The van der Waals surface area contributed by atoms with E-state index in [1.54, 1.807) is 6.26 Å². The molecule has 0 aliphatic heterocycles. The molecule has 0 heterocycles. The molecule has 0 aromatic rings. The lowest BCUT2D eigenvalue weighted by Crippen LogP contribution is -1.74. The van der Waals surface area contributed by atoms with Gasteiger partial charge in [0.05, 0.1) is 10.00 Å². The predicted octanol–water partition coefficient (Wildman–Crippen LogP) is 2.61. The first-order chi connectivity index (χ1) is 3.27. The number of hydrogen-bond acceptors (Lipinski definition) is 1. The van der Waals surface area contributed by atoms with Crippen LogP contribution >= 0.6 is 31.9 Å². The van der Waals surface area contributed by atoms with Gasteiger partial charge in [-0.1, -0.05) is 0 Å². The van der Waals surface area contributed by atoms with Crippen molar-refractivity contribution in [1.82, 2.24) is 0 Å². The Morgan fingerprint density at radius 2 is 2.29 bits per heavy atom. The molecule has 0 saturated heterocycles. The summed E-state index contributed by atoms with van der Waals surface area (Å²) in [5, 5.41) is 0. The van der Waals surface area contributed by atoms with Gasteiger partial charge in [-0.15, -0.1) is 0 Å². The average Bonchev–Trinajstić information content (AvgIpc) is 1.61. The molecule has 42 valence electrons. The molecule has 1 nitrogen and oxygen atoms in total. The molecular formula is C4H6Br2O. The van der Waals surface area contributed by atoms with Crippen LogP contribution in [0.15, 0.2) is 9.65 Å². The van der Waals surface area contributed by atoms with Gasteiger partial charge in [-0.25, -0.2) is 0 Å². The first kappa shape index (κ1) is 7.50. The topological polar surface area (TPSA) is 9.23 Å². The average molecular weight is 230 g/mol. The van der Waals surface area contributed by atoms with Crippen LogP contribution in [0.25, 0.3) is 0 Å². The molecule has 3 heteroatoms. The van der Waals surface area contributed by atoms with Crippen LogP contribution in [0.2, 0.25) is 0 Å². The van der Waals surface area contributed by atoms with E-state index >= 15 is 0 Å². The van der Waals surface area contributed by atoms with Gasteiger partial charge in [0.2, 0.25) is 0 Å². The lowest BCUT2D eigenvalue weighted by Gasteiger charge is -1.89. The minimum absolute atomic E-state index is 0.709. The van der Waals surface area contributed by atoms with Crippen LogP contribution in [-0.4, -0.2) is 6.61 Å². The van der Waals surface area contributed by atoms with Crippen molar-refractivity contribution < 1.29 is 4.74 Å². The van der Waals surface area contributed by atoms with E-state index in [9.17, 15) is 0 Å². The second-order valence-electron chi connectivity index (χ2n) is 0.863. The zero-order valence-electron chi connectivity index (χ0n) is 3.95. The maximum absolute atomic E-state index is 4.84. The minimum atomic E-state index is 0.709. The van der Waals surface area contributed by atoms with E-state index in [0.717, 1.165) is 3.39 Å². The Kier molecular flexibility index (Phi) is 4.99. The lowest BCUT2D eigenvalue weighted by molar-refractivity contribution is 0.270. The summed E-state index contributed by atoms with van der Waals surface area (Å²) < 4.78 is 5.67. The molecule has 7 heavy (non-hydrogen) atoms. The Morgan fingerprint density at radius 1 is 1.71 bits per heavy atom. The summed E-state index contributed by atoms with van der Waals surface area (Å²) in [4.78, 5) is 0. The van der Waals surface area contributed by atoms with Crippen LogP contribution in [0.1, 0.15) is 6.92 Å². The monoisotopic (exact) mass is 228 g/mol. The molecule has 0 rings (SSSR count). The lowest BCUT2D eigenvalue weighted by atomic mass is 10.9. The molecule has 0 fully saturated rings. The highest BCUT2D eigenvalue weighted by molar-refractivity contribution is 9.28. The molecule has 0 amide bonds. The van der Waals surface area contributed by atoms with Crippen molar-refractivity contribution >= 4 is 31.9 Å². The van der Waals surface area contributed by atoms with E-state index in [2.05, 4.69) is 31.9 Å². The maximum atomic E-state index is 4.84. The van der Waals surface area contributed by atoms with Gasteiger partial charge in [0.1, 0.15) is 6.26 Å². The number of hydrogen-bond donors (Lipinski definition) is 0. The van der Waals surface area contributed by atoms with Crippen molar-refractivity contribution in [1.29, 1.82) is 0 Å². The van der Waals surface area contributed by atoms with Crippen molar-refractivity contribution in [2.45, 2.75) is 6.92 Å². The van der Waals surface area contributed by atoms with Crippen LogP contribution < -0.4 is 0 Å². The molecule has 0 saturated carbocycles. The third-order valence-corrected chi connectivity index (χ3v) is 0.713. The molecule has 0 radical (unpaired) electrons. The minimum Gasteiger partial charge on any atom is -0.500 e. The van der Waals surface area contributed by atoms with Gasteiger partial charge in [0, 0.05) is 0 Å². The van der Waals surface area contributed by atoms with Gasteiger partial charge in [0.25, 0.3) is 0 Å². The first-order valence-electron chi connectivity index (χ1n) is 1.90. The predicted molar refractivity (Wildman–Crippen MR) is 37.6 cm³/mol. The van der Waals surface area contributed by atoms with Gasteiger partial charge in [-0.3, -0.25) is 0 Å². The highest BCUT2D eigenvalue weighted by atomic mass is 79.9. The standard InChI is InChI=1S/C4H6Br2O/c1-2-7-3-4(5)6/h3H,2H2,1H3. The van der Waals surface area contributed by atoms with Crippen LogP contribution in [0.4, 0.5) is 0 Å².